The number of nitrogens with zero attached hydrogens (tertiary/aromatic N) is 5. The molecular formula is C35H42Cl2N6O5S. The maximum atomic E-state index is 14.0. The molecule has 0 spiro atoms. The van der Waals surface area contributed by atoms with Gasteiger partial charge in [0.15, 0.2) is 0 Å². The Morgan fingerprint density at radius 3 is 2.45 bits per heavy atom. The number of nitrogens with one attached hydrogen (secondary N) is 1. The minimum Gasteiger partial charge on any atom is -0.369 e. The third-order valence-corrected chi connectivity index (χ3v) is 12.6. The number of rotatable bonds is 10. The number of fused-ring (bicyclic) bond motifs is 1. The number of para-hydroxylation sites is 1. The number of piperazine rings is 1. The number of anilines is 1. The minimum atomic E-state index is -4.02. The minimum absolute atomic E-state index is 0.0356. The molecular weight excluding hydrogens is 687 g/mol. The Hall–Kier alpha value is -3.26. The Balaban J connectivity index is 1.09. The van der Waals surface area contributed by atoms with Crippen molar-refractivity contribution < 1.29 is 22.7 Å². The van der Waals surface area contributed by atoms with Gasteiger partial charge in [-0.2, -0.15) is 0 Å². The lowest BCUT2D eigenvalue weighted by Gasteiger charge is -2.51. The zero-order valence-electron chi connectivity index (χ0n) is 27.6. The second-order valence-corrected chi connectivity index (χ2v) is 15.7. The van der Waals surface area contributed by atoms with E-state index in [0.717, 1.165) is 31.7 Å². The Morgan fingerprint density at radius 1 is 0.980 bits per heavy atom. The number of carbonyl (C=O) groups is 2. The number of aryl methyl sites for hydroxylation is 1. The van der Waals surface area contributed by atoms with Gasteiger partial charge in [-0.05, 0) is 74.7 Å². The van der Waals surface area contributed by atoms with E-state index in [-0.39, 0.29) is 45.5 Å². The summed E-state index contributed by atoms with van der Waals surface area (Å²) in [6.45, 7) is 5.12. The molecule has 2 amide bonds. The number of carbonyl (C=O) groups excluding carboxylic acids is 2. The largest absolute Gasteiger partial charge is 0.369 e. The van der Waals surface area contributed by atoms with E-state index in [9.17, 15) is 18.0 Å². The number of pyridine rings is 1. The van der Waals surface area contributed by atoms with Crippen molar-refractivity contribution in [3.8, 4) is 0 Å². The standard InChI is InChI=1S/C35H42Cl2N6O5S/c1-40-17-19-42(20-18-40)35(25-39-34(45)27-6-4-14-38-22-27)12-15-41(16-13-35)33(44)24-48-23-28-9-8-26-5-2-3-7-32(26)43(28)49(46,47)29-10-11-30(36)31(37)21-29/h2-7,10-11,14,21-22,28H,8-9,12-13,15-20,23-25H2,1H3,(H,39,45). The number of benzene rings is 2. The molecule has 14 heteroatoms. The third kappa shape index (κ3) is 7.90. The van der Waals surface area contributed by atoms with E-state index in [1.807, 2.05) is 23.1 Å². The number of hydrogen-bond donors (Lipinski definition) is 1. The fourth-order valence-electron chi connectivity index (χ4n) is 7.08. The Kier molecular flexibility index (Phi) is 11.1. The summed E-state index contributed by atoms with van der Waals surface area (Å²) < 4.78 is 35.4. The average molecular weight is 730 g/mol. The summed E-state index contributed by atoms with van der Waals surface area (Å²) in [5.41, 5.74) is 1.76. The highest BCUT2D eigenvalue weighted by Gasteiger charge is 2.42. The zero-order valence-corrected chi connectivity index (χ0v) is 29.9. The first kappa shape index (κ1) is 35.6. The molecule has 1 unspecified atom stereocenters. The van der Waals surface area contributed by atoms with Crippen LogP contribution in [0.3, 0.4) is 0 Å². The highest BCUT2D eigenvalue weighted by molar-refractivity contribution is 7.92. The molecule has 0 aliphatic carbocycles. The van der Waals surface area contributed by atoms with Crippen LogP contribution in [-0.4, -0.2) is 118 Å². The number of halogens is 2. The van der Waals surface area contributed by atoms with Crippen molar-refractivity contribution in [2.75, 3.05) is 70.4 Å². The van der Waals surface area contributed by atoms with Crippen LogP contribution < -0.4 is 9.62 Å². The van der Waals surface area contributed by atoms with Crippen LogP contribution in [0.5, 0.6) is 0 Å². The number of hydrogen-bond acceptors (Lipinski definition) is 8. The van der Waals surface area contributed by atoms with Crippen molar-refractivity contribution >= 4 is 50.7 Å². The molecule has 2 aromatic carbocycles. The maximum absolute atomic E-state index is 14.0. The molecule has 1 aromatic heterocycles. The Bertz CT molecular complexity index is 1750. The van der Waals surface area contributed by atoms with Gasteiger partial charge in [-0.15, -0.1) is 0 Å². The highest BCUT2D eigenvalue weighted by atomic mass is 35.5. The van der Waals surface area contributed by atoms with E-state index in [2.05, 4.69) is 27.1 Å². The van der Waals surface area contributed by atoms with Crippen LogP contribution in [0, 0.1) is 0 Å². The summed E-state index contributed by atoms with van der Waals surface area (Å²) in [4.78, 5) is 37.1. The molecule has 3 aliphatic heterocycles. The van der Waals surface area contributed by atoms with Crippen molar-refractivity contribution in [2.45, 2.75) is 42.2 Å². The number of aromatic nitrogens is 1. The van der Waals surface area contributed by atoms with Crippen molar-refractivity contribution in [1.82, 2.24) is 25.0 Å². The first-order valence-corrected chi connectivity index (χ1v) is 18.8. The van der Waals surface area contributed by atoms with Gasteiger partial charge in [0.05, 0.1) is 38.8 Å². The molecule has 3 aliphatic rings. The fraction of sp³-hybridized carbons (Fsp3) is 0.457. The number of likely N-dealkylation sites (N-methyl/N-ethyl adjacent to an activating group) is 1. The smallest absolute Gasteiger partial charge is 0.264 e. The number of likely N-dealkylation sites (tertiary alicyclic amines) is 1. The van der Waals surface area contributed by atoms with E-state index < -0.39 is 16.1 Å². The second-order valence-electron chi connectivity index (χ2n) is 13.0. The summed E-state index contributed by atoms with van der Waals surface area (Å²) in [5.74, 6) is -0.296. The zero-order chi connectivity index (χ0) is 34.6. The van der Waals surface area contributed by atoms with Gasteiger partial charge in [-0.25, -0.2) is 8.42 Å². The predicted molar refractivity (Wildman–Crippen MR) is 190 cm³/mol. The number of ether oxygens (including phenoxy) is 1. The van der Waals surface area contributed by atoms with Gasteiger partial charge in [0.1, 0.15) is 6.61 Å². The van der Waals surface area contributed by atoms with E-state index >= 15 is 0 Å². The van der Waals surface area contributed by atoms with Crippen LogP contribution in [0.4, 0.5) is 5.69 Å². The molecule has 3 aromatic rings. The van der Waals surface area contributed by atoms with Crippen molar-refractivity contribution in [3.63, 3.8) is 0 Å². The van der Waals surface area contributed by atoms with Crippen LogP contribution in [0.15, 0.2) is 71.9 Å². The highest BCUT2D eigenvalue weighted by Crippen LogP contribution is 2.37. The van der Waals surface area contributed by atoms with Gasteiger partial charge in [-0.1, -0.05) is 41.4 Å². The summed E-state index contributed by atoms with van der Waals surface area (Å²) in [6, 6.07) is 14.7. The number of piperidine rings is 1. The summed E-state index contributed by atoms with van der Waals surface area (Å²) in [7, 11) is -1.90. The van der Waals surface area contributed by atoms with Crippen molar-refractivity contribution in [1.29, 1.82) is 0 Å². The van der Waals surface area contributed by atoms with Crippen molar-refractivity contribution in [2.24, 2.45) is 0 Å². The lowest BCUT2D eigenvalue weighted by atomic mass is 9.84. The van der Waals surface area contributed by atoms with E-state index in [1.54, 1.807) is 30.6 Å². The number of sulfonamides is 1. The summed E-state index contributed by atoms with van der Waals surface area (Å²) in [5, 5.41) is 3.57. The van der Waals surface area contributed by atoms with Crippen LogP contribution in [0.2, 0.25) is 10.0 Å². The molecule has 6 rings (SSSR count). The molecule has 4 heterocycles. The van der Waals surface area contributed by atoms with E-state index in [4.69, 9.17) is 27.9 Å². The third-order valence-electron chi connectivity index (χ3n) is 10.0. The van der Waals surface area contributed by atoms with Gasteiger partial charge in [0.2, 0.25) is 5.91 Å². The molecule has 1 N–H and O–H groups in total. The van der Waals surface area contributed by atoms with Gasteiger partial charge in [0.25, 0.3) is 15.9 Å². The first-order chi connectivity index (χ1) is 23.6. The molecule has 2 fully saturated rings. The average Bonchev–Trinajstić information content (AvgIpc) is 3.12. The fourth-order valence-corrected chi connectivity index (χ4v) is 9.17. The Labute approximate surface area is 298 Å². The molecule has 49 heavy (non-hydrogen) atoms. The van der Waals surface area contributed by atoms with Gasteiger partial charge in [-0.3, -0.25) is 23.8 Å². The van der Waals surface area contributed by atoms with Crippen LogP contribution in [-0.2, 0) is 26.0 Å². The lowest BCUT2D eigenvalue weighted by molar-refractivity contribution is -0.139. The van der Waals surface area contributed by atoms with Crippen LogP contribution in [0.25, 0.3) is 0 Å². The monoisotopic (exact) mass is 728 g/mol. The second kappa shape index (κ2) is 15.3. The summed E-state index contributed by atoms with van der Waals surface area (Å²) >= 11 is 12.3. The van der Waals surface area contributed by atoms with Gasteiger partial charge >= 0.3 is 0 Å². The Morgan fingerprint density at radius 2 is 1.73 bits per heavy atom. The predicted octanol–water partition coefficient (Wildman–Crippen LogP) is 3.95. The summed E-state index contributed by atoms with van der Waals surface area (Å²) in [6.07, 6.45) is 5.85. The topological polar surface area (TPSA) is 115 Å². The molecule has 262 valence electrons. The molecule has 1 atom stereocenters. The van der Waals surface area contributed by atoms with E-state index in [1.165, 1.54) is 22.5 Å². The lowest BCUT2D eigenvalue weighted by Crippen LogP contribution is -2.64. The van der Waals surface area contributed by atoms with Gasteiger partial charge < -0.3 is 19.9 Å². The van der Waals surface area contributed by atoms with Gasteiger partial charge in [0, 0.05) is 63.7 Å². The molecule has 0 radical (unpaired) electrons. The van der Waals surface area contributed by atoms with Crippen LogP contribution >= 0.6 is 23.2 Å². The quantitative estimate of drug-likeness (QED) is 0.334. The first-order valence-electron chi connectivity index (χ1n) is 16.6. The maximum Gasteiger partial charge on any atom is 0.264 e. The van der Waals surface area contributed by atoms with Crippen LogP contribution in [0.1, 0.15) is 35.2 Å². The van der Waals surface area contributed by atoms with Crippen molar-refractivity contribution in [3.05, 3.63) is 88.2 Å². The molecule has 0 saturated carbocycles. The van der Waals surface area contributed by atoms with E-state index in [0.29, 0.717) is 56.6 Å². The molecule has 11 nitrogen and oxygen atoms in total. The normalized spacial score (nSPS) is 20.1. The molecule has 0 bridgehead atoms. The number of amides is 2. The molecule has 2 saturated heterocycles. The SMILES string of the molecule is CN1CCN(C2(CNC(=O)c3cccnc3)CCN(C(=O)COCC3CCc4ccccc4N3S(=O)(=O)c3ccc(Cl)c(Cl)c3)CC2)CC1.